The lowest BCUT2D eigenvalue weighted by molar-refractivity contribution is 0.0691. The molecule has 0 aliphatic heterocycles. The summed E-state index contributed by atoms with van der Waals surface area (Å²) < 4.78 is 0. The first kappa shape index (κ1) is 12.2. The highest BCUT2D eigenvalue weighted by Gasteiger charge is 2.19. The number of thiophene rings is 1. The SMILES string of the molecule is O=C(O)c1cc(C(=O)c2cc3c(s2)CCCC3)c[nH]1. The summed E-state index contributed by atoms with van der Waals surface area (Å²) in [5.41, 5.74) is 1.74. The molecule has 0 fully saturated rings. The van der Waals surface area contributed by atoms with Gasteiger partial charge in [-0.1, -0.05) is 0 Å². The number of carboxylic acids is 1. The average molecular weight is 275 g/mol. The fraction of sp³-hybridized carbons (Fsp3) is 0.286. The largest absolute Gasteiger partial charge is 0.477 e. The average Bonchev–Trinajstić information content (AvgIpc) is 3.04. The Hall–Kier alpha value is -1.88. The molecule has 0 amide bonds. The van der Waals surface area contributed by atoms with E-state index < -0.39 is 5.97 Å². The van der Waals surface area contributed by atoms with Gasteiger partial charge in [-0.15, -0.1) is 11.3 Å². The van der Waals surface area contributed by atoms with Crippen molar-refractivity contribution in [1.29, 1.82) is 0 Å². The highest BCUT2D eigenvalue weighted by Crippen LogP contribution is 2.31. The van der Waals surface area contributed by atoms with E-state index in [1.54, 1.807) is 11.3 Å². The maximum absolute atomic E-state index is 12.3. The van der Waals surface area contributed by atoms with E-state index in [0.29, 0.717) is 10.4 Å². The molecule has 0 radical (unpaired) electrons. The van der Waals surface area contributed by atoms with Crippen LogP contribution in [0.5, 0.6) is 0 Å². The van der Waals surface area contributed by atoms with Crippen LogP contribution in [-0.4, -0.2) is 21.8 Å². The number of ketones is 1. The van der Waals surface area contributed by atoms with Crippen LogP contribution in [0.3, 0.4) is 0 Å². The number of carbonyl (C=O) groups is 2. The first-order chi connectivity index (χ1) is 9.15. The van der Waals surface area contributed by atoms with Crippen molar-refractivity contribution in [1.82, 2.24) is 4.98 Å². The number of H-pyrrole nitrogens is 1. The summed E-state index contributed by atoms with van der Waals surface area (Å²) in [6, 6.07) is 3.36. The summed E-state index contributed by atoms with van der Waals surface area (Å²) in [7, 11) is 0. The lowest BCUT2D eigenvalue weighted by Crippen LogP contribution is -1.98. The standard InChI is InChI=1S/C14H13NO3S/c16-13(9-5-10(14(17)18)15-7-9)12-6-8-3-1-2-4-11(8)19-12/h5-7,15H,1-4H2,(H,17,18). The van der Waals surface area contributed by atoms with Crippen LogP contribution in [0.2, 0.25) is 0 Å². The van der Waals surface area contributed by atoms with E-state index >= 15 is 0 Å². The topological polar surface area (TPSA) is 70.2 Å². The summed E-state index contributed by atoms with van der Waals surface area (Å²) in [5.74, 6) is -1.15. The van der Waals surface area contributed by atoms with Crippen molar-refractivity contribution in [2.24, 2.45) is 0 Å². The molecule has 0 aromatic carbocycles. The number of aromatic nitrogens is 1. The van der Waals surface area contributed by atoms with E-state index in [9.17, 15) is 9.59 Å². The van der Waals surface area contributed by atoms with Crippen LogP contribution in [0.25, 0.3) is 0 Å². The number of rotatable bonds is 3. The van der Waals surface area contributed by atoms with Crippen LogP contribution in [0, 0.1) is 0 Å². The molecule has 2 N–H and O–H groups in total. The molecular weight excluding hydrogens is 262 g/mol. The first-order valence-corrected chi connectivity index (χ1v) is 7.05. The lowest BCUT2D eigenvalue weighted by atomic mass is 9.99. The molecule has 4 nitrogen and oxygen atoms in total. The normalized spacial score (nSPS) is 14.1. The second-order valence-corrected chi connectivity index (χ2v) is 5.84. The van der Waals surface area contributed by atoms with E-state index in [2.05, 4.69) is 4.98 Å². The summed E-state index contributed by atoms with van der Waals surface area (Å²) in [6.07, 6.45) is 5.94. The quantitative estimate of drug-likeness (QED) is 0.846. The molecule has 0 unspecified atom stereocenters. The molecule has 0 saturated carbocycles. The van der Waals surface area contributed by atoms with Gasteiger partial charge in [0.15, 0.2) is 0 Å². The number of aromatic carboxylic acids is 1. The summed E-state index contributed by atoms with van der Waals surface area (Å²) >= 11 is 1.55. The van der Waals surface area contributed by atoms with Crippen molar-refractivity contribution in [2.45, 2.75) is 25.7 Å². The van der Waals surface area contributed by atoms with Gasteiger partial charge in [-0.05, 0) is 43.4 Å². The van der Waals surface area contributed by atoms with Gasteiger partial charge in [-0.2, -0.15) is 0 Å². The Labute approximate surface area is 114 Å². The van der Waals surface area contributed by atoms with Crippen molar-refractivity contribution in [3.8, 4) is 0 Å². The van der Waals surface area contributed by atoms with Gasteiger partial charge >= 0.3 is 5.97 Å². The number of aromatic amines is 1. The van der Waals surface area contributed by atoms with Gasteiger partial charge in [0.25, 0.3) is 0 Å². The Balaban J connectivity index is 1.90. The molecule has 5 heteroatoms. The molecule has 2 heterocycles. The van der Waals surface area contributed by atoms with E-state index in [1.165, 1.54) is 35.5 Å². The number of fused-ring (bicyclic) bond motifs is 1. The van der Waals surface area contributed by atoms with Gasteiger partial charge in [0.05, 0.1) is 4.88 Å². The molecule has 1 aliphatic carbocycles. The second-order valence-electron chi connectivity index (χ2n) is 4.70. The first-order valence-electron chi connectivity index (χ1n) is 6.23. The Kier molecular flexibility index (Phi) is 2.98. The molecular formula is C14H13NO3S. The minimum atomic E-state index is -1.05. The van der Waals surface area contributed by atoms with Gasteiger partial charge in [-0.3, -0.25) is 4.79 Å². The molecule has 0 bridgehead atoms. The maximum atomic E-state index is 12.3. The fourth-order valence-corrected chi connectivity index (χ4v) is 3.61. The van der Waals surface area contributed by atoms with E-state index in [1.807, 2.05) is 6.07 Å². The summed E-state index contributed by atoms with van der Waals surface area (Å²) in [6.45, 7) is 0. The Morgan fingerprint density at radius 2 is 2.00 bits per heavy atom. The molecule has 2 aromatic rings. The zero-order valence-corrected chi connectivity index (χ0v) is 11.0. The number of hydrogen-bond acceptors (Lipinski definition) is 3. The van der Waals surface area contributed by atoms with Crippen LogP contribution >= 0.6 is 11.3 Å². The molecule has 0 saturated heterocycles. The highest BCUT2D eigenvalue weighted by molar-refractivity contribution is 7.14. The smallest absolute Gasteiger partial charge is 0.352 e. The van der Waals surface area contributed by atoms with Gasteiger partial charge in [-0.25, -0.2) is 4.79 Å². The molecule has 3 rings (SSSR count). The molecule has 0 spiro atoms. The zero-order chi connectivity index (χ0) is 13.4. The zero-order valence-electron chi connectivity index (χ0n) is 10.2. The monoisotopic (exact) mass is 275 g/mol. The van der Waals surface area contributed by atoms with Crippen molar-refractivity contribution in [3.63, 3.8) is 0 Å². The lowest BCUT2D eigenvalue weighted by Gasteiger charge is -2.08. The van der Waals surface area contributed by atoms with Gasteiger partial charge in [0.1, 0.15) is 5.69 Å². The van der Waals surface area contributed by atoms with E-state index in [-0.39, 0.29) is 11.5 Å². The Morgan fingerprint density at radius 3 is 2.68 bits per heavy atom. The third kappa shape index (κ3) is 2.21. The Morgan fingerprint density at radius 1 is 1.21 bits per heavy atom. The number of nitrogens with one attached hydrogen (secondary N) is 1. The number of aryl methyl sites for hydroxylation is 2. The van der Waals surface area contributed by atoms with Gasteiger partial charge in [0.2, 0.25) is 5.78 Å². The van der Waals surface area contributed by atoms with Crippen LogP contribution < -0.4 is 0 Å². The highest BCUT2D eigenvalue weighted by atomic mass is 32.1. The number of carboxylic acid groups (broad SMARTS) is 1. The third-order valence-corrected chi connectivity index (χ3v) is 4.63. The number of carbonyl (C=O) groups excluding carboxylic acids is 1. The predicted molar refractivity (Wildman–Crippen MR) is 72.1 cm³/mol. The van der Waals surface area contributed by atoms with Crippen LogP contribution in [0.4, 0.5) is 0 Å². The third-order valence-electron chi connectivity index (χ3n) is 3.40. The van der Waals surface area contributed by atoms with Crippen molar-refractivity contribution in [2.75, 3.05) is 0 Å². The van der Waals surface area contributed by atoms with E-state index in [0.717, 1.165) is 12.8 Å². The van der Waals surface area contributed by atoms with Crippen molar-refractivity contribution >= 4 is 23.1 Å². The van der Waals surface area contributed by atoms with E-state index in [4.69, 9.17) is 5.11 Å². The molecule has 19 heavy (non-hydrogen) atoms. The summed E-state index contributed by atoms with van der Waals surface area (Å²) in [4.78, 5) is 27.7. The molecule has 98 valence electrons. The minimum Gasteiger partial charge on any atom is -0.477 e. The molecule has 1 aliphatic rings. The predicted octanol–water partition coefficient (Wildman–Crippen LogP) is 2.88. The fourth-order valence-electron chi connectivity index (χ4n) is 2.39. The second kappa shape index (κ2) is 4.66. The molecule has 2 aromatic heterocycles. The molecule has 0 atom stereocenters. The van der Waals surface area contributed by atoms with Gasteiger partial charge in [0, 0.05) is 16.6 Å². The van der Waals surface area contributed by atoms with Crippen LogP contribution in [-0.2, 0) is 12.8 Å². The van der Waals surface area contributed by atoms with Gasteiger partial charge < -0.3 is 10.1 Å². The van der Waals surface area contributed by atoms with Crippen LogP contribution in [0.1, 0.15) is 49.0 Å². The van der Waals surface area contributed by atoms with Crippen molar-refractivity contribution in [3.05, 3.63) is 44.9 Å². The van der Waals surface area contributed by atoms with Crippen LogP contribution in [0.15, 0.2) is 18.3 Å². The minimum absolute atomic E-state index is 0.0460. The number of hydrogen-bond donors (Lipinski definition) is 2. The Bertz CT molecular complexity index is 630. The summed E-state index contributed by atoms with van der Waals surface area (Å²) in [5, 5.41) is 8.84. The maximum Gasteiger partial charge on any atom is 0.352 e. The van der Waals surface area contributed by atoms with Crippen molar-refractivity contribution < 1.29 is 14.7 Å².